The summed E-state index contributed by atoms with van der Waals surface area (Å²) in [6.07, 6.45) is -4.47. The summed E-state index contributed by atoms with van der Waals surface area (Å²) in [7, 11) is 0. The van der Waals surface area contributed by atoms with Crippen LogP contribution in [-0.4, -0.2) is 65.7 Å². The van der Waals surface area contributed by atoms with Gasteiger partial charge in [-0.25, -0.2) is 0 Å². The van der Waals surface area contributed by atoms with Crippen molar-refractivity contribution >= 4 is 11.9 Å². The van der Waals surface area contributed by atoms with Gasteiger partial charge in [0.15, 0.2) is 0 Å². The second-order valence-corrected chi connectivity index (χ2v) is 4.13. The molecule has 1 N–H and O–H groups in total. The lowest BCUT2D eigenvalue weighted by atomic mass is 10.3. The molecule has 5 nitrogen and oxygen atoms in total. The Balaban J connectivity index is 2.46. The van der Waals surface area contributed by atoms with Crippen molar-refractivity contribution in [3.05, 3.63) is 0 Å². The first-order valence-corrected chi connectivity index (χ1v) is 5.61. The van der Waals surface area contributed by atoms with E-state index in [1.807, 2.05) is 0 Å². The monoisotopic (exact) mass is 268 g/mol. The zero-order valence-electron chi connectivity index (χ0n) is 9.74. The minimum atomic E-state index is -4.84. The van der Waals surface area contributed by atoms with Gasteiger partial charge >= 0.3 is 18.1 Å². The van der Waals surface area contributed by atoms with Crippen LogP contribution in [0, 0.1) is 0 Å². The zero-order valence-corrected chi connectivity index (χ0v) is 9.74. The van der Waals surface area contributed by atoms with Crippen molar-refractivity contribution < 1.29 is 27.9 Å². The third kappa shape index (κ3) is 4.52. The van der Waals surface area contributed by atoms with Crippen LogP contribution in [0.25, 0.3) is 0 Å². The predicted molar refractivity (Wildman–Crippen MR) is 55.9 cm³/mol. The van der Waals surface area contributed by atoms with Crippen LogP contribution in [0.4, 0.5) is 13.2 Å². The van der Waals surface area contributed by atoms with Gasteiger partial charge in [-0.15, -0.1) is 0 Å². The molecule has 1 amide bonds. The van der Waals surface area contributed by atoms with Crippen molar-refractivity contribution in [1.82, 2.24) is 9.80 Å². The van der Waals surface area contributed by atoms with Gasteiger partial charge in [-0.2, -0.15) is 13.2 Å². The van der Waals surface area contributed by atoms with Gasteiger partial charge < -0.3 is 14.9 Å². The van der Waals surface area contributed by atoms with Crippen molar-refractivity contribution in [2.75, 3.05) is 32.7 Å². The van der Waals surface area contributed by atoms with Gasteiger partial charge in [0.1, 0.15) is 0 Å². The Morgan fingerprint density at radius 3 is 2.33 bits per heavy atom. The lowest BCUT2D eigenvalue weighted by molar-refractivity contribution is -0.185. The molecular weight excluding hydrogens is 253 g/mol. The standard InChI is InChI=1S/C10H15F3N2O3/c11-10(12,13)9(18)15-4-1-3-14(6-7-15)5-2-8(16)17/h1-7H2,(H,16,17). The summed E-state index contributed by atoms with van der Waals surface area (Å²) in [6, 6.07) is 0. The number of carbonyl (C=O) groups excluding carboxylic acids is 1. The van der Waals surface area contributed by atoms with Gasteiger partial charge in [-0.05, 0) is 13.0 Å². The van der Waals surface area contributed by atoms with Crippen LogP contribution in [0.15, 0.2) is 0 Å². The Morgan fingerprint density at radius 1 is 1.11 bits per heavy atom. The number of carboxylic acids is 1. The molecule has 0 aromatic heterocycles. The maximum Gasteiger partial charge on any atom is 0.471 e. The maximum absolute atomic E-state index is 12.2. The summed E-state index contributed by atoms with van der Waals surface area (Å²) in [4.78, 5) is 24.0. The van der Waals surface area contributed by atoms with Crippen LogP contribution >= 0.6 is 0 Å². The molecule has 0 saturated carbocycles. The zero-order chi connectivity index (χ0) is 13.8. The van der Waals surface area contributed by atoms with E-state index in [2.05, 4.69) is 0 Å². The van der Waals surface area contributed by atoms with Crippen molar-refractivity contribution in [1.29, 1.82) is 0 Å². The molecule has 1 heterocycles. The highest BCUT2D eigenvalue weighted by molar-refractivity contribution is 5.81. The van der Waals surface area contributed by atoms with E-state index in [1.165, 1.54) is 0 Å². The first kappa shape index (κ1) is 14.7. The molecule has 1 aliphatic heterocycles. The normalized spacial score (nSPS) is 18.5. The van der Waals surface area contributed by atoms with Crippen LogP contribution in [0.1, 0.15) is 12.8 Å². The summed E-state index contributed by atoms with van der Waals surface area (Å²) < 4.78 is 36.7. The summed E-state index contributed by atoms with van der Waals surface area (Å²) in [5.41, 5.74) is 0. The van der Waals surface area contributed by atoms with Gasteiger partial charge in [-0.1, -0.05) is 0 Å². The molecule has 1 aliphatic rings. The number of carbonyl (C=O) groups is 2. The third-order valence-electron chi connectivity index (χ3n) is 2.76. The predicted octanol–water partition coefficient (Wildman–Crippen LogP) is 0.558. The lowest BCUT2D eigenvalue weighted by Gasteiger charge is -2.22. The molecule has 1 fully saturated rings. The second-order valence-electron chi connectivity index (χ2n) is 4.13. The summed E-state index contributed by atoms with van der Waals surface area (Å²) in [5.74, 6) is -2.76. The maximum atomic E-state index is 12.2. The molecule has 0 bridgehead atoms. The van der Waals surface area contributed by atoms with Crippen LogP contribution in [0.2, 0.25) is 0 Å². The molecule has 0 spiro atoms. The van der Waals surface area contributed by atoms with Crippen molar-refractivity contribution in [2.45, 2.75) is 19.0 Å². The quantitative estimate of drug-likeness (QED) is 0.812. The molecule has 0 unspecified atom stereocenters. The van der Waals surface area contributed by atoms with E-state index in [9.17, 15) is 22.8 Å². The first-order chi connectivity index (χ1) is 8.30. The van der Waals surface area contributed by atoms with Crippen molar-refractivity contribution in [3.63, 3.8) is 0 Å². The van der Waals surface area contributed by atoms with Crippen molar-refractivity contribution in [2.24, 2.45) is 0 Å². The number of rotatable bonds is 3. The molecule has 1 rings (SSSR count). The van der Waals surface area contributed by atoms with E-state index in [4.69, 9.17) is 5.11 Å². The fourth-order valence-corrected chi connectivity index (χ4v) is 1.83. The van der Waals surface area contributed by atoms with Crippen LogP contribution in [0.3, 0.4) is 0 Å². The smallest absolute Gasteiger partial charge is 0.471 e. The highest BCUT2D eigenvalue weighted by atomic mass is 19.4. The minimum Gasteiger partial charge on any atom is -0.481 e. The molecule has 0 atom stereocenters. The van der Waals surface area contributed by atoms with E-state index in [1.54, 1.807) is 4.90 Å². The number of halogens is 3. The highest BCUT2D eigenvalue weighted by Gasteiger charge is 2.42. The van der Waals surface area contributed by atoms with E-state index >= 15 is 0 Å². The number of hydrogen-bond acceptors (Lipinski definition) is 3. The number of carboxylic acid groups (broad SMARTS) is 1. The fourth-order valence-electron chi connectivity index (χ4n) is 1.83. The van der Waals surface area contributed by atoms with Crippen LogP contribution in [0.5, 0.6) is 0 Å². The number of alkyl halides is 3. The Kier molecular flexibility index (Phi) is 4.94. The second kappa shape index (κ2) is 6.03. The average Bonchev–Trinajstić information content (AvgIpc) is 2.49. The molecule has 8 heteroatoms. The lowest BCUT2D eigenvalue weighted by Crippen LogP contribution is -2.43. The largest absolute Gasteiger partial charge is 0.481 e. The van der Waals surface area contributed by atoms with E-state index in [-0.39, 0.29) is 26.1 Å². The van der Waals surface area contributed by atoms with Crippen molar-refractivity contribution in [3.8, 4) is 0 Å². The molecule has 0 aromatic rings. The van der Waals surface area contributed by atoms with Gasteiger partial charge in [0.25, 0.3) is 0 Å². The molecule has 0 aliphatic carbocycles. The third-order valence-corrected chi connectivity index (χ3v) is 2.76. The molecule has 0 radical (unpaired) electrons. The van der Waals surface area contributed by atoms with Crippen LogP contribution in [-0.2, 0) is 9.59 Å². The summed E-state index contributed by atoms with van der Waals surface area (Å²) in [6.45, 7) is 1.12. The fraction of sp³-hybridized carbons (Fsp3) is 0.800. The molecule has 1 saturated heterocycles. The Labute approximate surface area is 102 Å². The van der Waals surface area contributed by atoms with E-state index < -0.39 is 18.1 Å². The van der Waals surface area contributed by atoms with E-state index in [0.717, 1.165) is 4.90 Å². The Morgan fingerprint density at radius 2 is 1.78 bits per heavy atom. The topological polar surface area (TPSA) is 60.9 Å². The summed E-state index contributed by atoms with van der Waals surface area (Å²) in [5, 5.41) is 8.52. The highest BCUT2D eigenvalue weighted by Crippen LogP contribution is 2.19. The minimum absolute atomic E-state index is 0.0159. The molecular formula is C10H15F3N2O3. The first-order valence-electron chi connectivity index (χ1n) is 5.61. The number of nitrogens with zero attached hydrogens (tertiary/aromatic N) is 2. The SMILES string of the molecule is O=C(O)CCN1CCCN(C(=O)C(F)(F)F)CC1. The number of hydrogen-bond donors (Lipinski definition) is 1. The molecule has 0 aromatic carbocycles. The number of amides is 1. The van der Waals surface area contributed by atoms with Gasteiger partial charge in [0, 0.05) is 26.2 Å². The molecule has 18 heavy (non-hydrogen) atoms. The van der Waals surface area contributed by atoms with Gasteiger partial charge in [-0.3, -0.25) is 9.59 Å². The van der Waals surface area contributed by atoms with Gasteiger partial charge in [0.05, 0.1) is 6.42 Å². The van der Waals surface area contributed by atoms with Gasteiger partial charge in [0.2, 0.25) is 0 Å². The number of aliphatic carboxylic acids is 1. The average molecular weight is 268 g/mol. The Hall–Kier alpha value is -1.31. The van der Waals surface area contributed by atoms with Crippen LogP contribution < -0.4 is 0 Å². The Bertz CT molecular complexity index is 320. The summed E-state index contributed by atoms with van der Waals surface area (Å²) >= 11 is 0. The van der Waals surface area contributed by atoms with E-state index in [0.29, 0.717) is 19.5 Å². The molecule has 104 valence electrons.